The Bertz CT molecular complexity index is 569. The van der Waals surface area contributed by atoms with E-state index in [9.17, 15) is 26.7 Å². The lowest BCUT2D eigenvalue weighted by Crippen LogP contribution is -2.25. The molecule has 0 unspecified atom stereocenters. The van der Waals surface area contributed by atoms with Gasteiger partial charge in [0.05, 0.1) is 6.42 Å². The second-order valence-electron chi connectivity index (χ2n) is 5.40. The minimum atomic E-state index is -4.88. The summed E-state index contributed by atoms with van der Waals surface area (Å²) in [7, 11) is 0. The monoisotopic (exact) mass is 356 g/mol. The van der Waals surface area contributed by atoms with Gasteiger partial charge in [-0.05, 0) is 12.8 Å². The first-order valence-corrected chi connectivity index (χ1v) is 7.16. The van der Waals surface area contributed by atoms with Gasteiger partial charge >= 0.3 is 12.1 Å². The molecule has 0 fully saturated rings. The molecule has 0 atom stereocenters. The van der Waals surface area contributed by atoms with Crippen LogP contribution >= 0.6 is 0 Å². The number of halogens is 5. The molecule has 5 nitrogen and oxygen atoms in total. The third-order valence-corrected chi connectivity index (χ3v) is 3.08. The van der Waals surface area contributed by atoms with Crippen molar-refractivity contribution >= 4 is 5.97 Å². The maximum atomic E-state index is 13.0. The van der Waals surface area contributed by atoms with Crippen LogP contribution in [0.1, 0.15) is 43.8 Å². The Morgan fingerprint density at radius 3 is 2.42 bits per heavy atom. The average molecular weight is 356 g/mol. The number of rotatable bonds is 10. The van der Waals surface area contributed by atoms with E-state index in [2.05, 4.69) is 16.7 Å². The Morgan fingerprint density at radius 2 is 1.83 bits per heavy atom. The zero-order valence-electron chi connectivity index (χ0n) is 12.7. The summed E-state index contributed by atoms with van der Waals surface area (Å²) in [4.78, 5) is 14.5. The van der Waals surface area contributed by atoms with Crippen LogP contribution in [-0.4, -0.2) is 33.3 Å². The Hall–Kier alpha value is -2.00. The molecular formula is C14H17F5N2O3. The highest BCUT2D eigenvalue weighted by Gasteiger charge is 2.42. The first kappa shape index (κ1) is 20.0. The van der Waals surface area contributed by atoms with Gasteiger partial charge in [0.15, 0.2) is 5.82 Å². The lowest BCUT2D eigenvalue weighted by molar-refractivity contribution is -0.189. The Morgan fingerprint density at radius 1 is 1.17 bits per heavy atom. The fraction of sp³-hybridized carbons (Fsp3) is 0.643. The first-order valence-electron chi connectivity index (χ1n) is 7.16. The van der Waals surface area contributed by atoms with Crippen molar-refractivity contribution in [2.45, 2.75) is 57.0 Å². The van der Waals surface area contributed by atoms with Crippen molar-refractivity contribution < 1.29 is 36.4 Å². The van der Waals surface area contributed by atoms with E-state index in [0.29, 0.717) is 19.3 Å². The molecule has 1 aromatic heterocycles. The van der Waals surface area contributed by atoms with Crippen LogP contribution in [0.4, 0.5) is 22.0 Å². The van der Waals surface area contributed by atoms with Crippen molar-refractivity contribution in [2.24, 2.45) is 0 Å². The van der Waals surface area contributed by atoms with Gasteiger partial charge in [0.2, 0.25) is 5.89 Å². The zero-order valence-corrected chi connectivity index (χ0v) is 12.7. The van der Waals surface area contributed by atoms with E-state index in [0.717, 1.165) is 0 Å². The minimum absolute atomic E-state index is 0.0520. The number of aliphatic carboxylic acids is 1. The molecule has 0 spiro atoms. The topological polar surface area (TPSA) is 76.2 Å². The van der Waals surface area contributed by atoms with Gasteiger partial charge in [-0.1, -0.05) is 18.2 Å². The van der Waals surface area contributed by atoms with Crippen LogP contribution in [0.3, 0.4) is 0 Å². The molecule has 0 saturated carbocycles. The number of carbonyl (C=O) groups is 1. The van der Waals surface area contributed by atoms with Gasteiger partial charge in [0.25, 0.3) is 5.92 Å². The summed E-state index contributed by atoms with van der Waals surface area (Å²) in [6.45, 7) is 3.32. The van der Waals surface area contributed by atoms with Crippen LogP contribution in [0.5, 0.6) is 0 Å². The largest absolute Gasteiger partial charge is 0.478 e. The predicted molar refractivity (Wildman–Crippen MR) is 72.6 cm³/mol. The van der Waals surface area contributed by atoms with Crippen LogP contribution in [0.25, 0.3) is 0 Å². The molecule has 0 aromatic carbocycles. The molecule has 10 heteroatoms. The average Bonchev–Trinajstić information content (AvgIpc) is 2.82. The molecule has 1 rings (SSSR count). The summed E-state index contributed by atoms with van der Waals surface area (Å²) >= 11 is 0. The van der Waals surface area contributed by atoms with Gasteiger partial charge in [-0.2, -0.15) is 18.2 Å². The second-order valence-corrected chi connectivity index (χ2v) is 5.40. The third kappa shape index (κ3) is 8.02. The second kappa shape index (κ2) is 8.20. The lowest BCUT2D eigenvalue weighted by Gasteiger charge is -2.17. The number of aryl methyl sites for hydroxylation is 1. The first-order chi connectivity index (χ1) is 11.0. The fourth-order valence-electron chi connectivity index (χ4n) is 1.95. The summed E-state index contributed by atoms with van der Waals surface area (Å²) in [5.41, 5.74) is -0.114. The molecule has 24 heavy (non-hydrogen) atoms. The molecule has 0 aliphatic heterocycles. The number of aromatic nitrogens is 2. The molecule has 1 N–H and O–H groups in total. The summed E-state index contributed by atoms with van der Waals surface area (Å²) < 4.78 is 66.7. The molecule has 1 heterocycles. The highest BCUT2D eigenvalue weighted by molar-refractivity contribution is 5.86. The minimum Gasteiger partial charge on any atom is -0.478 e. The lowest BCUT2D eigenvalue weighted by atomic mass is 10.1. The quantitative estimate of drug-likeness (QED) is 0.390. The van der Waals surface area contributed by atoms with Crippen molar-refractivity contribution in [1.82, 2.24) is 10.1 Å². The van der Waals surface area contributed by atoms with E-state index in [-0.39, 0.29) is 30.1 Å². The molecule has 0 aliphatic carbocycles. The van der Waals surface area contributed by atoms with Crippen LogP contribution in [-0.2, 0) is 17.6 Å². The predicted octanol–water partition coefficient (Wildman–Crippen LogP) is 3.94. The maximum absolute atomic E-state index is 13.0. The van der Waals surface area contributed by atoms with E-state index >= 15 is 0 Å². The SMILES string of the molecule is C=C(Cc1nc(CCCCCC(F)(F)CC(F)(F)F)no1)C(=O)O. The van der Waals surface area contributed by atoms with Crippen LogP contribution in [0, 0.1) is 0 Å². The molecule has 0 bridgehead atoms. The highest BCUT2D eigenvalue weighted by Crippen LogP contribution is 2.35. The molecule has 136 valence electrons. The third-order valence-electron chi connectivity index (χ3n) is 3.08. The number of alkyl halides is 5. The van der Waals surface area contributed by atoms with Gasteiger partial charge in [0, 0.05) is 18.4 Å². The van der Waals surface area contributed by atoms with Crippen molar-refractivity contribution in [3.8, 4) is 0 Å². The maximum Gasteiger partial charge on any atom is 0.394 e. The Labute approximate surface area is 134 Å². The summed E-state index contributed by atoms with van der Waals surface area (Å²) in [6.07, 6.45) is -6.99. The van der Waals surface area contributed by atoms with Crippen molar-refractivity contribution in [2.75, 3.05) is 0 Å². The number of carboxylic acids is 1. The standard InChI is InChI=1S/C14H17F5N2O3/c1-9(12(22)23)7-11-20-10(21-24-11)5-3-2-4-6-13(15,16)8-14(17,18)19/h1-8H2,(H,22,23). The summed E-state index contributed by atoms with van der Waals surface area (Å²) in [5.74, 6) is -4.58. The van der Waals surface area contributed by atoms with E-state index < -0.39 is 30.9 Å². The normalized spacial score (nSPS) is 12.4. The number of nitrogens with zero attached hydrogens (tertiary/aromatic N) is 2. The molecule has 1 aromatic rings. The van der Waals surface area contributed by atoms with Crippen molar-refractivity contribution in [3.63, 3.8) is 0 Å². The van der Waals surface area contributed by atoms with Gasteiger partial charge in [-0.25, -0.2) is 13.6 Å². The highest BCUT2D eigenvalue weighted by atomic mass is 19.4. The van der Waals surface area contributed by atoms with E-state index in [1.54, 1.807) is 0 Å². The van der Waals surface area contributed by atoms with E-state index in [1.807, 2.05) is 0 Å². The van der Waals surface area contributed by atoms with Gasteiger partial charge in [0.1, 0.15) is 6.42 Å². The van der Waals surface area contributed by atoms with E-state index in [1.165, 1.54) is 0 Å². The number of hydrogen-bond acceptors (Lipinski definition) is 4. The van der Waals surface area contributed by atoms with E-state index in [4.69, 9.17) is 9.63 Å². The number of carboxylic acid groups (broad SMARTS) is 1. The molecule has 0 radical (unpaired) electrons. The van der Waals surface area contributed by atoms with Crippen LogP contribution in [0.15, 0.2) is 16.7 Å². The van der Waals surface area contributed by atoms with Gasteiger partial charge in [-0.3, -0.25) is 0 Å². The Balaban J connectivity index is 2.28. The Kier molecular flexibility index (Phi) is 6.85. The van der Waals surface area contributed by atoms with Crippen LogP contribution in [0.2, 0.25) is 0 Å². The van der Waals surface area contributed by atoms with Crippen molar-refractivity contribution in [3.05, 3.63) is 23.9 Å². The van der Waals surface area contributed by atoms with Crippen LogP contribution < -0.4 is 0 Å². The molecule has 0 amide bonds. The number of hydrogen-bond donors (Lipinski definition) is 1. The summed E-state index contributed by atoms with van der Waals surface area (Å²) in [6, 6.07) is 0. The fourth-order valence-corrected chi connectivity index (χ4v) is 1.95. The smallest absolute Gasteiger partial charge is 0.394 e. The summed E-state index contributed by atoms with van der Waals surface area (Å²) in [5, 5.41) is 12.3. The molecule has 0 aliphatic rings. The molecule has 0 saturated heterocycles. The van der Waals surface area contributed by atoms with Crippen molar-refractivity contribution in [1.29, 1.82) is 0 Å². The molecular weight excluding hydrogens is 339 g/mol. The zero-order chi connectivity index (χ0) is 18.4. The number of unbranched alkanes of at least 4 members (excludes halogenated alkanes) is 2. The van der Waals surface area contributed by atoms with Gasteiger partial charge in [-0.15, -0.1) is 0 Å². The van der Waals surface area contributed by atoms with Gasteiger partial charge < -0.3 is 9.63 Å².